The zero-order chi connectivity index (χ0) is 13.9. The second kappa shape index (κ2) is 5.45. The van der Waals surface area contributed by atoms with Crippen molar-refractivity contribution in [1.82, 2.24) is 0 Å². The van der Waals surface area contributed by atoms with E-state index in [9.17, 15) is 14.7 Å². The van der Waals surface area contributed by atoms with Gasteiger partial charge in [-0.15, -0.1) is 0 Å². The number of nitrogens with one attached hydrogen (secondary N) is 1. The molecule has 0 radical (unpaired) electrons. The van der Waals surface area contributed by atoms with Gasteiger partial charge in [0.05, 0.1) is 4.92 Å². The predicted octanol–water partition coefficient (Wildman–Crippen LogP) is 0.989. The third-order valence-electron chi connectivity index (χ3n) is 2.36. The molecule has 1 aromatic carbocycles. The zero-order valence-electron chi connectivity index (χ0n) is 9.61. The molecule has 0 fully saturated rings. The minimum absolute atomic E-state index is 0.0491. The molecule has 0 aliphatic rings. The van der Waals surface area contributed by atoms with Gasteiger partial charge in [0.25, 0.3) is 5.69 Å². The standard InChI is InChI=1S/C9H14N3O5P/c1-6(18(15,16)17)11-8-3-2-7(5-10)4-9(8)12(13)14/h2-4,6,11H,5,10H2,1H3,(H2,15,16,17). The maximum atomic E-state index is 11.0. The van der Waals surface area contributed by atoms with E-state index in [4.69, 9.17) is 15.5 Å². The van der Waals surface area contributed by atoms with E-state index in [1.165, 1.54) is 19.1 Å². The summed E-state index contributed by atoms with van der Waals surface area (Å²) in [6.45, 7) is 1.40. The summed E-state index contributed by atoms with van der Waals surface area (Å²) in [4.78, 5) is 28.1. The van der Waals surface area contributed by atoms with Gasteiger partial charge in [-0.3, -0.25) is 14.7 Å². The number of nitrogens with two attached hydrogens (primary N) is 1. The zero-order valence-corrected chi connectivity index (χ0v) is 10.5. The maximum Gasteiger partial charge on any atom is 0.347 e. The Bertz CT molecular complexity index is 501. The molecule has 0 bridgehead atoms. The third kappa shape index (κ3) is 3.51. The monoisotopic (exact) mass is 275 g/mol. The van der Waals surface area contributed by atoms with Crippen molar-refractivity contribution < 1.29 is 19.3 Å². The van der Waals surface area contributed by atoms with Crippen molar-refractivity contribution in [2.45, 2.75) is 19.3 Å². The van der Waals surface area contributed by atoms with Gasteiger partial charge in [-0.25, -0.2) is 0 Å². The molecule has 1 rings (SSSR count). The number of nitro groups is 1. The lowest BCUT2D eigenvalue weighted by Gasteiger charge is -2.16. The fourth-order valence-corrected chi connectivity index (χ4v) is 1.59. The molecule has 1 aromatic rings. The first-order valence-electron chi connectivity index (χ1n) is 5.05. The van der Waals surface area contributed by atoms with E-state index in [1.54, 1.807) is 6.07 Å². The lowest BCUT2D eigenvalue weighted by Crippen LogP contribution is -2.16. The average Bonchev–Trinajstić information content (AvgIpc) is 2.27. The Hall–Kier alpha value is -1.47. The summed E-state index contributed by atoms with van der Waals surface area (Å²) in [7, 11) is -4.35. The minimum atomic E-state index is -4.35. The predicted molar refractivity (Wildman–Crippen MR) is 66.1 cm³/mol. The topological polar surface area (TPSA) is 139 Å². The Balaban J connectivity index is 3.09. The quantitative estimate of drug-likeness (QED) is 0.357. The van der Waals surface area contributed by atoms with Crippen LogP contribution in [-0.4, -0.2) is 20.5 Å². The summed E-state index contributed by atoms with van der Waals surface area (Å²) in [5.74, 6) is -1.21. The average molecular weight is 275 g/mol. The van der Waals surface area contributed by atoms with Gasteiger partial charge in [0, 0.05) is 12.6 Å². The molecule has 9 heteroatoms. The second-order valence-corrected chi connectivity index (χ2v) is 5.67. The second-order valence-electron chi connectivity index (χ2n) is 3.72. The number of nitro benzene ring substituents is 1. The fourth-order valence-electron chi connectivity index (χ4n) is 1.29. The van der Waals surface area contributed by atoms with E-state index >= 15 is 0 Å². The van der Waals surface area contributed by atoms with Crippen LogP contribution in [0.1, 0.15) is 12.5 Å². The largest absolute Gasteiger partial charge is 0.366 e. The maximum absolute atomic E-state index is 11.0. The Morgan fingerprint density at radius 1 is 1.56 bits per heavy atom. The molecule has 8 nitrogen and oxygen atoms in total. The molecular weight excluding hydrogens is 261 g/mol. The van der Waals surface area contributed by atoms with Gasteiger partial charge >= 0.3 is 7.60 Å². The molecule has 0 saturated carbocycles. The summed E-state index contributed by atoms with van der Waals surface area (Å²) in [5.41, 5.74) is 5.72. The smallest absolute Gasteiger partial charge is 0.347 e. The summed E-state index contributed by atoms with van der Waals surface area (Å²) >= 11 is 0. The van der Waals surface area contributed by atoms with E-state index in [0.717, 1.165) is 0 Å². The molecular formula is C9H14N3O5P. The minimum Gasteiger partial charge on any atom is -0.366 e. The molecule has 0 heterocycles. The Morgan fingerprint density at radius 2 is 2.17 bits per heavy atom. The Labute approximate surface area is 103 Å². The van der Waals surface area contributed by atoms with E-state index < -0.39 is 18.3 Å². The molecule has 0 amide bonds. The van der Waals surface area contributed by atoms with Gasteiger partial charge < -0.3 is 20.8 Å². The first-order chi connectivity index (χ1) is 8.25. The van der Waals surface area contributed by atoms with Gasteiger partial charge in [-0.05, 0) is 18.6 Å². The molecule has 18 heavy (non-hydrogen) atoms. The highest BCUT2D eigenvalue weighted by atomic mass is 31.2. The van der Waals surface area contributed by atoms with Crippen LogP contribution in [0.15, 0.2) is 18.2 Å². The highest BCUT2D eigenvalue weighted by Crippen LogP contribution is 2.42. The van der Waals surface area contributed by atoms with E-state index in [2.05, 4.69) is 5.32 Å². The van der Waals surface area contributed by atoms with Crippen LogP contribution in [-0.2, 0) is 11.1 Å². The number of rotatable bonds is 5. The van der Waals surface area contributed by atoms with E-state index in [1.807, 2.05) is 0 Å². The molecule has 100 valence electrons. The third-order valence-corrected chi connectivity index (χ3v) is 3.50. The highest BCUT2D eigenvalue weighted by molar-refractivity contribution is 7.52. The first kappa shape index (κ1) is 14.6. The van der Waals surface area contributed by atoms with Crippen LogP contribution in [0.5, 0.6) is 0 Å². The molecule has 0 aromatic heterocycles. The SMILES string of the molecule is CC(Nc1ccc(CN)cc1[N+](=O)[O-])P(=O)(O)O. The lowest BCUT2D eigenvalue weighted by atomic mass is 10.1. The first-order valence-corrected chi connectivity index (χ1v) is 6.73. The number of hydrogen-bond acceptors (Lipinski definition) is 5. The van der Waals surface area contributed by atoms with Crippen molar-refractivity contribution in [2.24, 2.45) is 5.73 Å². The van der Waals surface area contributed by atoms with Gasteiger partial charge in [-0.2, -0.15) is 0 Å². The normalized spacial score (nSPS) is 13.1. The molecule has 1 unspecified atom stereocenters. The number of hydrogen-bond donors (Lipinski definition) is 4. The molecule has 0 aliphatic carbocycles. The highest BCUT2D eigenvalue weighted by Gasteiger charge is 2.26. The summed E-state index contributed by atoms with van der Waals surface area (Å²) in [5, 5.41) is 13.3. The van der Waals surface area contributed by atoms with Crippen LogP contribution >= 0.6 is 7.60 Å². The van der Waals surface area contributed by atoms with Crippen molar-refractivity contribution in [3.8, 4) is 0 Å². The van der Waals surface area contributed by atoms with Gasteiger partial charge in [0.2, 0.25) is 0 Å². The van der Waals surface area contributed by atoms with Gasteiger partial charge in [0.15, 0.2) is 0 Å². The van der Waals surface area contributed by atoms with Crippen LogP contribution in [0, 0.1) is 10.1 Å². The molecule has 0 saturated heterocycles. The van der Waals surface area contributed by atoms with Crippen molar-refractivity contribution in [3.05, 3.63) is 33.9 Å². The van der Waals surface area contributed by atoms with Crippen LogP contribution in [0.25, 0.3) is 0 Å². The van der Waals surface area contributed by atoms with E-state index in [0.29, 0.717) is 5.56 Å². The van der Waals surface area contributed by atoms with Crippen molar-refractivity contribution in [2.75, 3.05) is 5.32 Å². The number of nitrogens with zero attached hydrogens (tertiary/aromatic N) is 1. The Kier molecular flexibility index (Phi) is 4.42. The molecule has 0 aliphatic heterocycles. The molecule has 5 N–H and O–H groups in total. The van der Waals surface area contributed by atoms with Crippen molar-refractivity contribution >= 4 is 19.0 Å². The van der Waals surface area contributed by atoms with Crippen LogP contribution < -0.4 is 11.1 Å². The fraction of sp³-hybridized carbons (Fsp3) is 0.333. The van der Waals surface area contributed by atoms with Crippen LogP contribution in [0.4, 0.5) is 11.4 Å². The lowest BCUT2D eigenvalue weighted by molar-refractivity contribution is -0.384. The van der Waals surface area contributed by atoms with Crippen molar-refractivity contribution in [1.29, 1.82) is 0 Å². The van der Waals surface area contributed by atoms with Crippen LogP contribution in [0.3, 0.4) is 0 Å². The number of benzene rings is 1. The summed E-state index contributed by atoms with van der Waals surface area (Å²) in [6, 6.07) is 4.21. The Morgan fingerprint density at radius 3 is 2.61 bits per heavy atom. The number of anilines is 1. The summed E-state index contributed by atoms with van der Waals surface area (Å²) in [6.07, 6.45) is 0. The molecule has 1 atom stereocenters. The molecule has 0 spiro atoms. The van der Waals surface area contributed by atoms with E-state index in [-0.39, 0.29) is 17.9 Å². The van der Waals surface area contributed by atoms with Crippen molar-refractivity contribution in [3.63, 3.8) is 0 Å². The van der Waals surface area contributed by atoms with Gasteiger partial charge in [-0.1, -0.05) is 6.07 Å². The van der Waals surface area contributed by atoms with Crippen LogP contribution in [0.2, 0.25) is 0 Å². The van der Waals surface area contributed by atoms with Gasteiger partial charge in [0.1, 0.15) is 11.5 Å². The summed E-state index contributed by atoms with van der Waals surface area (Å²) < 4.78 is 11.0.